The molecule has 3 nitrogen and oxygen atoms in total. The third-order valence-electron chi connectivity index (χ3n) is 2.60. The van der Waals surface area contributed by atoms with Crippen molar-refractivity contribution in [3.05, 3.63) is 51.6 Å². The van der Waals surface area contributed by atoms with Crippen molar-refractivity contribution in [3.63, 3.8) is 0 Å². The molecule has 19 heavy (non-hydrogen) atoms. The van der Waals surface area contributed by atoms with Crippen molar-refractivity contribution in [2.24, 2.45) is 0 Å². The summed E-state index contributed by atoms with van der Waals surface area (Å²) in [5.74, 6) is 0.592. The molecule has 0 amide bonds. The van der Waals surface area contributed by atoms with Gasteiger partial charge in [0.05, 0.1) is 10.6 Å². The number of furan rings is 1. The van der Waals surface area contributed by atoms with Crippen molar-refractivity contribution in [1.29, 1.82) is 5.26 Å². The van der Waals surface area contributed by atoms with Gasteiger partial charge in [-0.05, 0) is 18.2 Å². The Morgan fingerprint density at radius 2 is 2.37 bits per heavy atom. The first kappa shape index (κ1) is 12.0. The van der Waals surface area contributed by atoms with Gasteiger partial charge in [-0.25, -0.2) is 4.98 Å². The van der Waals surface area contributed by atoms with Gasteiger partial charge in [-0.3, -0.25) is 0 Å². The Labute approximate surface area is 118 Å². The minimum Gasteiger partial charge on any atom is -0.457 e. The first-order valence-electron chi connectivity index (χ1n) is 5.47. The lowest BCUT2D eigenvalue weighted by molar-refractivity contribution is 0.604. The van der Waals surface area contributed by atoms with E-state index < -0.39 is 0 Å². The normalized spacial score (nSPS) is 11.7. The van der Waals surface area contributed by atoms with Crippen LogP contribution in [0.25, 0.3) is 22.6 Å². The van der Waals surface area contributed by atoms with Crippen LogP contribution < -0.4 is 0 Å². The monoisotopic (exact) mass is 286 g/mol. The SMILES string of the molecule is N#C/C(=C\c1cc2c(Cl)cccc2o1)c1nccs1. The molecule has 1 aromatic carbocycles. The Balaban J connectivity index is 2.10. The highest BCUT2D eigenvalue weighted by atomic mass is 35.5. The van der Waals surface area contributed by atoms with Crippen LogP contribution in [0.2, 0.25) is 5.02 Å². The van der Waals surface area contributed by atoms with Gasteiger partial charge in [-0.2, -0.15) is 5.26 Å². The average molecular weight is 287 g/mol. The molecule has 0 saturated carbocycles. The van der Waals surface area contributed by atoms with E-state index in [9.17, 15) is 0 Å². The molecule has 0 aliphatic carbocycles. The number of hydrogen-bond donors (Lipinski definition) is 0. The second kappa shape index (κ2) is 4.88. The molecule has 0 spiro atoms. The summed E-state index contributed by atoms with van der Waals surface area (Å²) in [6, 6.07) is 9.42. The number of nitrogens with zero attached hydrogens (tertiary/aromatic N) is 2. The zero-order chi connectivity index (χ0) is 13.2. The molecule has 0 aliphatic heterocycles. The molecular weight excluding hydrogens is 280 g/mol. The van der Waals surface area contributed by atoms with Gasteiger partial charge < -0.3 is 4.42 Å². The summed E-state index contributed by atoms with van der Waals surface area (Å²) in [4.78, 5) is 4.12. The molecule has 0 bridgehead atoms. The second-order valence-corrected chi connectivity index (χ2v) is 5.11. The molecule has 3 aromatic rings. The van der Waals surface area contributed by atoms with E-state index in [1.165, 1.54) is 11.3 Å². The molecule has 0 saturated heterocycles. The van der Waals surface area contributed by atoms with E-state index in [1.54, 1.807) is 18.3 Å². The molecule has 2 aromatic heterocycles. The minimum absolute atomic E-state index is 0.477. The zero-order valence-electron chi connectivity index (χ0n) is 9.63. The summed E-state index contributed by atoms with van der Waals surface area (Å²) < 4.78 is 5.64. The number of allylic oxidation sites excluding steroid dienone is 1. The number of nitriles is 1. The smallest absolute Gasteiger partial charge is 0.136 e. The largest absolute Gasteiger partial charge is 0.457 e. The van der Waals surface area contributed by atoms with E-state index in [0.717, 1.165) is 5.39 Å². The molecule has 5 heteroatoms. The summed E-state index contributed by atoms with van der Waals surface area (Å²) >= 11 is 7.50. The molecule has 0 N–H and O–H groups in total. The standard InChI is InChI=1S/C14H7ClN2OS/c15-12-2-1-3-13-11(12)7-10(18-13)6-9(8-16)14-17-4-5-19-14/h1-7H/b9-6+. The predicted octanol–water partition coefficient (Wildman–Crippen LogP) is 4.61. The van der Waals surface area contributed by atoms with Gasteiger partial charge >= 0.3 is 0 Å². The van der Waals surface area contributed by atoms with Crippen LogP contribution >= 0.6 is 22.9 Å². The third-order valence-corrected chi connectivity index (χ3v) is 3.73. The van der Waals surface area contributed by atoms with Crippen LogP contribution in [0.4, 0.5) is 0 Å². The van der Waals surface area contributed by atoms with Crippen LogP contribution in [0.1, 0.15) is 10.8 Å². The summed E-state index contributed by atoms with van der Waals surface area (Å²) in [7, 11) is 0. The maximum absolute atomic E-state index is 9.17. The molecule has 3 rings (SSSR count). The van der Waals surface area contributed by atoms with E-state index >= 15 is 0 Å². The van der Waals surface area contributed by atoms with Crippen molar-refractivity contribution < 1.29 is 4.42 Å². The summed E-state index contributed by atoms with van der Waals surface area (Å²) in [5.41, 5.74) is 1.18. The van der Waals surface area contributed by atoms with Gasteiger partial charge in [0.2, 0.25) is 0 Å². The fraction of sp³-hybridized carbons (Fsp3) is 0. The first-order valence-corrected chi connectivity index (χ1v) is 6.73. The molecule has 0 fully saturated rings. The molecule has 0 unspecified atom stereocenters. The Kier molecular flexibility index (Phi) is 3.08. The summed E-state index contributed by atoms with van der Waals surface area (Å²) in [6.45, 7) is 0. The van der Waals surface area contributed by atoms with Gasteiger partial charge in [0.1, 0.15) is 22.4 Å². The van der Waals surface area contributed by atoms with Gasteiger partial charge in [0.25, 0.3) is 0 Å². The van der Waals surface area contributed by atoms with Crippen molar-refractivity contribution >= 4 is 45.6 Å². The van der Waals surface area contributed by atoms with Crippen LogP contribution in [0.5, 0.6) is 0 Å². The maximum atomic E-state index is 9.17. The Morgan fingerprint density at radius 3 is 3.05 bits per heavy atom. The van der Waals surface area contributed by atoms with Gasteiger partial charge in [0.15, 0.2) is 0 Å². The number of benzene rings is 1. The number of fused-ring (bicyclic) bond motifs is 1. The molecule has 0 radical (unpaired) electrons. The van der Waals surface area contributed by atoms with Crippen molar-refractivity contribution in [2.75, 3.05) is 0 Å². The molecule has 2 heterocycles. The topological polar surface area (TPSA) is 49.8 Å². The number of rotatable bonds is 2. The molecule has 92 valence electrons. The van der Waals surface area contributed by atoms with Gasteiger partial charge in [-0.15, -0.1) is 11.3 Å². The summed E-state index contributed by atoms with van der Waals surface area (Å²) in [6.07, 6.45) is 3.34. The van der Waals surface area contributed by atoms with E-state index in [0.29, 0.717) is 26.9 Å². The zero-order valence-corrected chi connectivity index (χ0v) is 11.2. The van der Waals surface area contributed by atoms with Crippen LogP contribution in [-0.2, 0) is 0 Å². The van der Waals surface area contributed by atoms with E-state index in [-0.39, 0.29) is 0 Å². The fourth-order valence-corrected chi connectivity index (χ4v) is 2.58. The highest BCUT2D eigenvalue weighted by molar-refractivity contribution is 7.10. The Hall–Kier alpha value is -2.09. The highest BCUT2D eigenvalue weighted by Gasteiger charge is 2.08. The highest BCUT2D eigenvalue weighted by Crippen LogP contribution is 2.29. The molecule has 0 aliphatic rings. The average Bonchev–Trinajstić information content (AvgIpc) is 3.05. The predicted molar refractivity (Wildman–Crippen MR) is 76.8 cm³/mol. The Morgan fingerprint density at radius 1 is 1.47 bits per heavy atom. The molecular formula is C14H7ClN2OS. The van der Waals surface area contributed by atoms with Crippen LogP contribution in [0.15, 0.2) is 40.3 Å². The lowest BCUT2D eigenvalue weighted by atomic mass is 10.2. The van der Waals surface area contributed by atoms with E-state index in [2.05, 4.69) is 11.1 Å². The fourth-order valence-electron chi connectivity index (χ4n) is 1.76. The summed E-state index contributed by atoms with van der Waals surface area (Å²) in [5, 5.41) is 13.1. The quantitative estimate of drug-likeness (QED) is 0.647. The Bertz CT molecular complexity index is 797. The first-order chi connectivity index (χ1) is 9.28. The molecule has 0 atom stereocenters. The van der Waals surface area contributed by atoms with Crippen LogP contribution in [0, 0.1) is 11.3 Å². The second-order valence-electron chi connectivity index (χ2n) is 3.81. The number of thiazole rings is 1. The minimum atomic E-state index is 0.477. The van der Waals surface area contributed by atoms with Crippen LogP contribution in [-0.4, -0.2) is 4.98 Å². The van der Waals surface area contributed by atoms with E-state index in [4.69, 9.17) is 21.3 Å². The van der Waals surface area contributed by atoms with Gasteiger partial charge in [0, 0.05) is 23.0 Å². The number of hydrogen-bond acceptors (Lipinski definition) is 4. The van der Waals surface area contributed by atoms with Crippen LogP contribution in [0.3, 0.4) is 0 Å². The lowest BCUT2D eigenvalue weighted by Crippen LogP contribution is -1.77. The van der Waals surface area contributed by atoms with Gasteiger partial charge in [-0.1, -0.05) is 17.7 Å². The lowest BCUT2D eigenvalue weighted by Gasteiger charge is -1.90. The van der Waals surface area contributed by atoms with Crippen molar-refractivity contribution in [3.8, 4) is 6.07 Å². The van der Waals surface area contributed by atoms with E-state index in [1.807, 2.05) is 23.6 Å². The van der Waals surface area contributed by atoms with Crippen molar-refractivity contribution in [1.82, 2.24) is 4.98 Å². The number of halogens is 1. The maximum Gasteiger partial charge on any atom is 0.136 e. The van der Waals surface area contributed by atoms with Crippen molar-refractivity contribution in [2.45, 2.75) is 0 Å². The number of aromatic nitrogens is 1. The third kappa shape index (κ3) is 2.26.